The van der Waals surface area contributed by atoms with E-state index in [1.807, 2.05) is 0 Å². The van der Waals surface area contributed by atoms with Gasteiger partial charge >= 0.3 is 123 Å². The van der Waals surface area contributed by atoms with Gasteiger partial charge < -0.3 is 0 Å². The van der Waals surface area contributed by atoms with Crippen molar-refractivity contribution in [2.75, 3.05) is 24.7 Å². The van der Waals surface area contributed by atoms with Gasteiger partial charge in [0.25, 0.3) is 0 Å². The van der Waals surface area contributed by atoms with E-state index in [2.05, 4.69) is 7.08 Å². The van der Waals surface area contributed by atoms with Crippen molar-refractivity contribution in [3.05, 3.63) is 0 Å². The number of carbonyl (C=O) groups is 2. The molecule has 2 saturated heterocycles. The van der Waals surface area contributed by atoms with Gasteiger partial charge in [0.1, 0.15) is 0 Å². The molecule has 108 valence electrons. The molecule has 2 rings (SSSR count). The van der Waals surface area contributed by atoms with E-state index in [9.17, 15) is 9.59 Å². The Morgan fingerprint density at radius 2 is 1.47 bits per heavy atom. The Morgan fingerprint density at radius 3 is 1.84 bits per heavy atom. The number of esters is 2. The molecule has 2 N–H and O–H groups in total. The SMILES string of the molecule is CCOC(=O)[C@H]1C[S][Sn]2([NH]1)[NH][C@@H](C(=O)OCC)C[S]2. The number of ether oxygens (including phenoxy) is 2. The molecule has 0 aromatic carbocycles. The van der Waals surface area contributed by atoms with Crippen LogP contribution in [0.3, 0.4) is 0 Å². The van der Waals surface area contributed by atoms with Gasteiger partial charge in [-0.15, -0.1) is 0 Å². The van der Waals surface area contributed by atoms with Crippen LogP contribution < -0.4 is 7.08 Å². The molecule has 2 aliphatic heterocycles. The molecule has 0 radical (unpaired) electrons. The first-order chi connectivity index (χ1) is 9.10. The number of hydrogen-bond donors (Lipinski definition) is 2. The Bertz CT molecular complexity index is 337. The van der Waals surface area contributed by atoms with Gasteiger partial charge in [0.15, 0.2) is 0 Å². The predicted octanol–water partition coefficient (Wildman–Crippen LogP) is -0.0418. The third-order valence-electron chi connectivity index (χ3n) is 2.78. The van der Waals surface area contributed by atoms with Crippen LogP contribution in [0.5, 0.6) is 0 Å². The molecule has 1 spiro atoms. The first kappa shape index (κ1) is 15.7. The van der Waals surface area contributed by atoms with Crippen LogP contribution in [0.25, 0.3) is 0 Å². The molecule has 19 heavy (non-hydrogen) atoms. The van der Waals surface area contributed by atoms with Crippen LogP contribution >= 0.6 is 17.9 Å². The number of hydrogen-bond acceptors (Lipinski definition) is 8. The van der Waals surface area contributed by atoms with Crippen LogP contribution in [0.4, 0.5) is 0 Å². The van der Waals surface area contributed by atoms with Crippen molar-refractivity contribution in [1.29, 1.82) is 0 Å². The fourth-order valence-corrected chi connectivity index (χ4v) is 27.2. The van der Waals surface area contributed by atoms with Crippen molar-refractivity contribution in [1.82, 2.24) is 7.08 Å². The van der Waals surface area contributed by atoms with Crippen molar-refractivity contribution in [2.24, 2.45) is 0 Å². The van der Waals surface area contributed by atoms with E-state index < -0.39 is 16.2 Å². The van der Waals surface area contributed by atoms with Crippen LogP contribution in [0.1, 0.15) is 13.8 Å². The van der Waals surface area contributed by atoms with E-state index in [1.54, 1.807) is 31.7 Å². The number of rotatable bonds is 4. The molecule has 9 heteroatoms. The molecule has 0 saturated carbocycles. The zero-order valence-electron chi connectivity index (χ0n) is 10.9. The molecule has 2 atom stereocenters. The summed E-state index contributed by atoms with van der Waals surface area (Å²) < 4.78 is 16.9. The Morgan fingerprint density at radius 1 is 1.05 bits per heavy atom. The molecular formula is C10H18N2O4S2Sn. The van der Waals surface area contributed by atoms with Crippen molar-refractivity contribution in [3.63, 3.8) is 0 Å². The molecule has 0 aromatic heterocycles. The third kappa shape index (κ3) is 3.72. The second kappa shape index (κ2) is 6.88. The average molecular weight is 413 g/mol. The fourth-order valence-electron chi connectivity index (χ4n) is 1.93. The molecule has 2 heterocycles. The topological polar surface area (TPSA) is 76.7 Å². The second-order valence-electron chi connectivity index (χ2n) is 4.14. The molecule has 0 unspecified atom stereocenters. The van der Waals surface area contributed by atoms with Gasteiger partial charge in [-0.05, 0) is 0 Å². The van der Waals surface area contributed by atoms with Crippen molar-refractivity contribution in [2.45, 2.75) is 25.9 Å². The summed E-state index contributed by atoms with van der Waals surface area (Å²) in [6.07, 6.45) is 0. The first-order valence-electron chi connectivity index (χ1n) is 6.26. The molecule has 2 aliphatic rings. The second-order valence-corrected chi connectivity index (χ2v) is 25.4. The predicted molar refractivity (Wildman–Crippen MR) is 77.8 cm³/mol. The third-order valence-corrected chi connectivity index (χ3v) is 26.5. The Balaban J connectivity index is 1.89. The molecule has 0 aliphatic carbocycles. The van der Waals surface area contributed by atoms with Gasteiger partial charge in [-0.2, -0.15) is 0 Å². The van der Waals surface area contributed by atoms with Crippen LogP contribution in [-0.2, 0) is 19.1 Å². The molecular weight excluding hydrogens is 395 g/mol. The summed E-state index contributed by atoms with van der Waals surface area (Å²) in [5.74, 6) is 1.07. The van der Waals surface area contributed by atoms with E-state index in [4.69, 9.17) is 9.47 Å². The standard InChI is InChI=1S/2C5H10NO2S.Sn/c2*1-2-8-5(7)4(6)3-9;/h2*4,6,9H,2-3H2,1H3;/q2*-1;+4/p-2/t2*4-;/m11./s1. The van der Waals surface area contributed by atoms with E-state index in [0.29, 0.717) is 13.2 Å². The minimum atomic E-state index is -2.85. The van der Waals surface area contributed by atoms with Gasteiger partial charge in [0.2, 0.25) is 0 Å². The van der Waals surface area contributed by atoms with Crippen molar-refractivity contribution < 1.29 is 19.1 Å². The minimum absolute atomic E-state index is 0.189. The maximum atomic E-state index is 11.7. The van der Waals surface area contributed by atoms with E-state index in [0.717, 1.165) is 11.5 Å². The average Bonchev–Trinajstić information content (AvgIpc) is 2.98. The normalized spacial score (nSPS) is 28.5. The van der Waals surface area contributed by atoms with Crippen molar-refractivity contribution in [3.8, 4) is 0 Å². The Labute approximate surface area is 122 Å². The summed E-state index contributed by atoms with van der Waals surface area (Å²) in [5.41, 5.74) is 0. The van der Waals surface area contributed by atoms with Gasteiger partial charge in [0, 0.05) is 0 Å². The maximum absolute atomic E-state index is 11.7. The summed E-state index contributed by atoms with van der Waals surface area (Å²) >= 11 is -2.85. The van der Waals surface area contributed by atoms with Crippen LogP contribution in [-0.4, -0.2) is 64.9 Å². The van der Waals surface area contributed by atoms with E-state index >= 15 is 0 Å². The Kier molecular flexibility index (Phi) is 5.70. The summed E-state index contributed by atoms with van der Waals surface area (Å²) in [5, 5.41) is 0. The molecule has 0 aromatic rings. The zero-order valence-corrected chi connectivity index (χ0v) is 15.4. The van der Waals surface area contributed by atoms with Crippen LogP contribution in [0.15, 0.2) is 0 Å². The summed E-state index contributed by atoms with van der Waals surface area (Å²) in [4.78, 5) is 23.4. The first-order valence-corrected chi connectivity index (χ1v) is 18.1. The zero-order chi connectivity index (χ0) is 13.9. The molecule has 0 amide bonds. The van der Waals surface area contributed by atoms with Crippen LogP contribution in [0, 0.1) is 0 Å². The molecule has 6 nitrogen and oxygen atoms in total. The molecule has 0 bridgehead atoms. The summed E-state index contributed by atoms with van der Waals surface area (Å²) in [6.45, 7) is 4.41. The van der Waals surface area contributed by atoms with E-state index in [-0.39, 0.29) is 24.0 Å². The summed E-state index contributed by atoms with van der Waals surface area (Å²) in [6, 6.07) is -0.469. The quantitative estimate of drug-likeness (QED) is 0.492. The summed E-state index contributed by atoms with van der Waals surface area (Å²) in [7, 11) is 3.59. The molecule has 2 fully saturated rings. The van der Waals surface area contributed by atoms with Crippen LogP contribution in [0.2, 0.25) is 0 Å². The van der Waals surface area contributed by atoms with Gasteiger partial charge in [-0.1, -0.05) is 0 Å². The number of nitrogens with one attached hydrogen (secondary N) is 2. The van der Waals surface area contributed by atoms with Gasteiger partial charge in [0.05, 0.1) is 0 Å². The fraction of sp³-hybridized carbons (Fsp3) is 0.800. The van der Waals surface area contributed by atoms with E-state index in [1.165, 1.54) is 0 Å². The number of carbonyl (C=O) groups excluding carboxylic acids is 2. The van der Waals surface area contributed by atoms with Crippen molar-refractivity contribution >= 4 is 46.0 Å². The Hall–Kier alpha value is 0.359. The van der Waals surface area contributed by atoms with Gasteiger partial charge in [-0.3, -0.25) is 0 Å². The van der Waals surface area contributed by atoms with Gasteiger partial charge in [-0.25, -0.2) is 0 Å². The monoisotopic (exact) mass is 414 g/mol.